The van der Waals surface area contributed by atoms with Gasteiger partial charge >= 0.3 is 0 Å². The molecule has 1 atom stereocenters. The van der Waals surface area contributed by atoms with Gasteiger partial charge in [0.15, 0.2) is 0 Å². The Morgan fingerprint density at radius 1 is 1.39 bits per heavy atom. The van der Waals surface area contributed by atoms with Gasteiger partial charge in [-0.3, -0.25) is 4.90 Å². The molecule has 0 bridgehead atoms. The molecule has 1 aliphatic rings. The largest absolute Gasteiger partial charge is 0.381 e. The molecule has 0 saturated carbocycles. The molecule has 0 aromatic rings. The molecule has 1 fully saturated rings. The van der Waals surface area contributed by atoms with Gasteiger partial charge in [-0.25, -0.2) is 0 Å². The lowest BCUT2D eigenvalue weighted by molar-refractivity contribution is 0.0655. The molecule has 108 valence electrons. The van der Waals surface area contributed by atoms with Crippen LogP contribution in [0.3, 0.4) is 0 Å². The number of rotatable bonds is 7. The predicted octanol–water partition coefficient (Wildman–Crippen LogP) is 2.51. The Morgan fingerprint density at radius 2 is 2.11 bits per heavy atom. The summed E-state index contributed by atoms with van der Waals surface area (Å²) in [5.74, 6) is 0.645. The summed E-state index contributed by atoms with van der Waals surface area (Å²) in [6.45, 7) is 16.5. The molecule has 3 nitrogen and oxygen atoms in total. The van der Waals surface area contributed by atoms with E-state index in [1.807, 2.05) is 0 Å². The maximum Gasteiger partial charge on any atom is 0.0489 e. The van der Waals surface area contributed by atoms with Crippen LogP contribution in [-0.2, 0) is 4.74 Å². The van der Waals surface area contributed by atoms with Crippen LogP contribution in [0.4, 0.5) is 0 Å². The van der Waals surface area contributed by atoms with E-state index in [1.165, 1.54) is 13.0 Å². The van der Waals surface area contributed by atoms with Crippen molar-refractivity contribution in [1.29, 1.82) is 0 Å². The maximum atomic E-state index is 5.66. The highest BCUT2D eigenvalue weighted by Crippen LogP contribution is 2.17. The third kappa shape index (κ3) is 5.68. The number of ether oxygens (including phenoxy) is 1. The molecule has 0 aliphatic carbocycles. The lowest BCUT2D eigenvalue weighted by Gasteiger charge is -2.44. The van der Waals surface area contributed by atoms with E-state index < -0.39 is 0 Å². The molecule has 3 heteroatoms. The highest BCUT2D eigenvalue weighted by Gasteiger charge is 2.30. The molecule has 1 aliphatic heterocycles. The average molecular weight is 256 g/mol. The SMILES string of the molecule is CCC1CNC(C)(C)CN1CCCOCC(C)C. The summed E-state index contributed by atoms with van der Waals surface area (Å²) in [6, 6.07) is 0.697. The average Bonchev–Trinajstić information content (AvgIpc) is 2.27. The Morgan fingerprint density at radius 3 is 2.72 bits per heavy atom. The molecule has 1 saturated heterocycles. The van der Waals surface area contributed by atoms with Crippen LogP contribution in [0.2, 0.25) is 0 Å². The third-order valence-corrected chi connectivity index (χ3v) is 3.59. The first-order valence-electron chi connectivity index (χ1n) is 7.51. The van der Waals surface area contributed by atoms with Crippen molar-refractivity contribution >= 4 is 0 Å². The van der Waals surface area contributed by atoms with Crippen LogP contribution in [0.5, 0.6) is 0 Å². The van der Waals surface area contributed by atoms with Crippen LogP contribution in [0.25, 0.3) is 0 Å². The summed E-state index contributed by atoms with van der Waals surface area (Å²) in [7, 11) is 0. The van der Waals surface area contributed by atoms with Gasteiger partial charge in [0.05, 0.1) is 0 Å². The normalized spacial score (nSPS) is 24.7. The van der Waals surface area contributed by atoms with E-state index in [2.05, 4.69) is 44.8 Å². The molecule has 1 unspecified atom stereocenters. The van der Waals surface area contributed by atoms with Crippen LogP contribution in [-0.4, -0.2) is 49.3 Å². The summed E-state index contributed by atoms with van der Waals surface area (Å²) >= 11 is 0. The van der Waals surface area contributed by atoms with E-state index in [1.54, 1.807) is 0 Å². The minimum Gasteiger partial charge on any atom is -0.381 e. The molecule has 0 radical (unpaired) electrons. The van der Waals surface area contributed by atoms with Gasteiger partial charge in [-0.2, -0.15) is 0 Å². The van der Waals surface area contributed by atoms with Crippen molar-refractivity contribution < 1.29 is 4.74 Å². The van der Waals surface area contributed by atoms with Gasteiger partial charge in [-0.15, -0.1) is 0 Å². The van der Waals surface area contributed by atoms with Gasteiger partial charge in [0.1, 0.15) is 0 Å². The first-order valence-corrected chi connectivity index (χ1v) is 7.51. The van der Waals surface area contributed by atoms with Crippen molar-refractivity contribution in [1.82, 2.24) is 10.2 Å². The van der Waals surface area contributed by atoms with Crippen LogP contribution < -0.4 is 5.32 Å². The van der Waals surface area contributed by atoms with Crippen molar-refractivity contribution in [2.45, 2.75) is 59.0 Å². The van der Waals surface area contributed by atoms with Gasteiger partial charge in [0.25, 0.3) is 0 Å². The van der Waals surface area contributed by atoms with E-state index in [4.69, 9.17) is 4.74 Å². The Balaban J connectivity index is 2.24. The molecule has 1 N–H and O–H groups in total. The zero-order valence-electron chi connectivity index (χ0n) is 13.0. The summed E-state index contributed by atoms with van der Waals surface area (Å²) < 4.78 is 5.66. The molecule has 0 amide bonds. The fourth-order valence-corrected chi connectivity index (χ4v) is 2.57. The second kappa shape index (κ2) is 7.46. The number of hydrogen-bond acceptors (Lipinski definition) is 3. The van der Waals surface area contributed by atoms with Crippen LogP contribution in [0.1, 0.15) is 47.5 Å². The fraction of sp³-hybridized carbons (Fsp3) is 1.00. The van der Waals surface area contributed by atoms with Crippen LogP contribution in [0.15, 0.2) is 0 Å². The Labute approximate surface area is 113 Å². The summed E-state index contributed by atoms with van der Waals surface area (Å²) in [4.78, 5) is 2.63. The summed E-state index contributed by atoms with van der Waals surface area (Å²) in [5.41, 5.74) is 0.254. The van der Waals surface area contributed by atoms with Crippen LogP contribution >= 0.6 is 0 Å². The van der Waals surface area contributed by atoms with E-state index in [-0.39, 0.29) is 5.54 Å². The van der Waals surface area contributed by atoms with Crippen molar-refractivity contribution in [2.75, 3.05) is 32.8 Å². The predicted molar refractivity (Wildman–Crippen MR) is 78.0 cm³/mol. The van der Waals surface area contributed by atoms with Crippen molar-refractivity contribution in [2.24, 2.45) is 5.92 Å². The van der Waals surface area contributed by atoms with Gasteiger partial charge in [0, 0.05) is 44.4 Å². The monoisotopic (exact) mass is 256 g/mol. The lowest BCUT2D eigenvalue weighted by Crippen LogP contribution is -2.61. The minimum absolute atomic E-state index is 0.254. The van der Waals surface area contributed by atoms with E-state index >= 15 is 0 Å². The second-order valence-electron chi connectivity index (χ2n) is 6.62. The van der Waals surface area contributed by atoms with E-state index in [0.29, 0.717) is 12.0 Å². The molecule has 1 heterocycles. The fourth-order valence-electron chi connectivity index (χ4n) is 2.57. The molecule has 18 heavy (non-hydrogen) atoms. The van der Waals surface area contributed by atoms with E-state index in [0.717, 1.165) is 32.7 Å². The number of piperazine rings is 1. The molecule has 1 rings (SSSR count). The van der Waals surface area contributed by atoms with Crippen molar-refractivity contribution in [3.05, 3.63) is 0 Å². The minimum atomic E-state index is 0.254. The third-order valence-electron chi connectivity index (χ3n) is 3.59. The molecule has 0 spiro atoms. The second-order valence-corrected chi connectivity index (χ2v) is 6.62. The number of hydrogen-bond donors (Lipinski definition) is 1. The number of nitrogens with one attached hydrogen (secondary N) is 1. The lowest BCUT2D eigenvalue weighted by atomic mass is 9.97. The van der Waals surface area contributed by atoms with Gasteiger partial charge in [-0.05, 0) is 32.6 Å². The summed E-state index contributed by atoms with van der Waals surface area (Å²) in [5, 5.41) is 3.63. The molecule has 0 aromatic carbocycles. The van der Waals surface area contributed by atoms with E-state index in [9.17, 15) is 0 Å². The first-order chi connectivity index (χ1) is 8.44. The molecule has 0 aromatic heterocycles. The topological polar surface area (TPSA) is 24.5 Å². The zero-order chi connectivity index (χ0) is 13.6. The van der Waals surface area contributed by atoms with Crippen molar-refractivity contribution in [3.8, 4) is 0 Å². The quantitative estimate of drug-likeness (QED) is 0.708. The standard InChI is InChI=1S/C15H32N2O/c1-6-14-10-16-15(4,5)12-17(14)8-7-9-18-11-13(2)3/h13-14,16H,6-12H2,1-5H3. The van der Waals surface area contributed by atoms with Crippen LogP contribution in [0, 0.1) is 5.92 Å². The number of nitrogens with zero attached hydrogens (tertiary/aromatic N) is 1. The van der Waals surface area contributed by atoms with Gasteiger partial charge in [-0.1, -0.05) is 20.8 Å². The summed E-state index contributed by atoms with van der Waals surface area (Å²) in [6.07, 6.45) is 2.38. The Hall–Kier alpha value is -0.120. The Bertz CT molecular complexity index is 229. The highest BCUT2D eigenvalue weighted by atomic mass is 16.5. The Kier molecular flexibility index (Phi) is 6.61. The van der Waals surface area contributed by atoms with Gasteiger partial charge < -0.3 is 10.1 Å². The maximum absolute atomic E-state index is 5.66. The molecular formula is C15H32N2O. The molecular weight excluding hydrogens is 224 g/mol. The zero-order valence-corrected chi connectivity index (χ0v) is 13.0. The highest BCUT2D eigenvalue weighted by molar-refractivity contribution is 4.91. The van der Waals surface area contributed by atoms with Gasteiger partial charge in [0.2, 0.25) is 0 Å². The first kappa shape index (κ1) is 15.9. The smallest absolute Gasteiger partial charge is 0.0489 e. The van der Waals surface area contributed by atoms with Crippen molar-refractivity contribution in [3.63, 3.8) is 0 Å².